The molecule has 0 saturated heterocycles. The van der Waals surface area contributed by atoms with E-state index >= 15 is 0 Å². The van der Waals surface area contributed by atoms with Crippen molar-refractivity contribution in [2.75, 3.05) is 5.33 Å². The van der Waals surface area contributed by atoms with Crippen LogP contribution in [0.2, 0.25) is 0 Å². The van der Waals surface area contributed by atoms with E-state index in [1.807, 2.05) is 6.07 Å². The molecule has 3 nitrogen and oxygen atoms in total. The smallest absolute Gasteiger partial charge is 0.0668 e. The van der Waals surface area contributed by atoms with E-state index < -0.39 is 0 Å². The van der Waals surface area contributed by atoms with E-state index in [9.17, 15) is 0 Å². The van der Waals surface area contributed by atoms with Gasteiger partial charge in [0.2, 0.25) is 0 Å². The standard InChI is InChI=1S/C12H16BrN3/c13-8-10(9-14)7-11-5-6-16(15-11)12-3-1-2-4-12/h5-6,10,12H,1-4,7-8H2. The van der Waals surface area contributed by atoms with Crippen LogP contribution < -0.4 is 0 Å². The van der Waals surface area contributed by atoms with Gasteiger partial charge in [-0.25, -0.2) is 0 Å². The largest absolute Gasteiger partial charge is 0.269 e. The maximum absolute atomic E-state index is 8.89. The molecule has 1 aromatic rings. The first kappa shape index (κ1) is 11.7. The number of nitriles is 1. The Morgan fingerprint density at radius 3 is 2.94 bits per heavy atom. The monoisotopic (exact) mass is 281 g/mol. The van der Waals surface area contributed by atoms with Crippen LogP contribution in [0.3, 0.4) is 0 Å². The molecule has 0 bridgehead atoms. The van der Waals surface area contributed by atoms with E-state index in [0.717, 1.165) is 17.4 Å². The van der Waals surface area contributed by atoms with Crippen LogP contribution >= 0.6 is 15.9 Å². The minimum absolute atomic E-state index is 0.0342. The molecule has 1 saturated carbocycles. The van der Waals surface area contributed by atoms with E-state index in [-0.39, 0.29) is 5.92 Å². The molecule has 0 N–H and O–H groups in total. The summed E-state index contributed by atoms with van der Waals surface area (Å²) in [7, 11) is 0. The van der Waals surface area contributed by atoms with Gasteiger partial charge in [0, 0.05) is 17.9 Å². The number of aromatic nitrogens is 2. The van der Waals surface area contributed by atoms with E-state index in [2.05, 4.69) is 38.0 Å². The number of hydrogen-bond donors (Lipinski definition) is 0. The van der Waals surface area contributed by atoms with Crippen molar-refractivity contribution < 1.29 is 0 Å². The lowest BCUT2D eigenvalue weighted by Crippen LogP contribution is -2.08. The first-order chi connectivity index (χ1) is 7.83. The lowest BCUT2D eigenvalue weighted by atomic mass is 10.1. The van der Waals surface area contributed by atoms with Crippen molar-refractivity contribution in [2.24, 2.45) is 5.92 Å². The molecule has 1 aliphatic carbocycles. The molecule has 86 valence electrons. The molecule has 16 heavy (non-hydrogen) atoms. The summed E-state index contributed by atoms with van der Waals surface area (Å²) >= 11 is 3.35. The number of halogens is 1. The van der Waals surface area contributed by atoms with Gasteiger partial charge in [-0.15, -0.1) is 0 Å². The van der Waals surface area contributed by atoms with Crippen LogP contribution in [0.5, 0.6) is 0 Å². The first-order valence-corrected chi connectivity index (χ1v) is 6.95. The van der Waals surface area contributed by atoms with Crippen molar-refractivity contribution in [2.45, 2.75) is 38.1 Å². The molecular formula is C12H16BrN3. The maximum atomic E-state index is 8.89. The lowest BCUT2D eigenvalue weighted by Gasteiger charge is -2.09. The van der Waals surface area contributed by atoms with Gasteiger partial charge in [0.25, 0.3) is 0 Å². The fraction of sp³-hybridized carbons (Fsp3) is 0.667. The minimum atomic E-state index is 0.0342. The van der Waals surface area contributed by atoms with Gasteiger partial charge in [-0.05, 0) is 18.9 Å². The molecule has 1 heterocycles. The Morgan fingerprint density at radius 2 is 2.31 bits per heavy atom. The van der Waals surface area contributed by atoms with Crippen molar-refractivity contribution in [3.8, 4) is 6.07 Å². The Morgan fingerprint density at radius 1 is 1.56 bits per heavy atom. The molecule has 1 atom stereocenters. The fourth-order valence-electron chi connectivity index (χ4n) is 2.25. The van der Waals surface area contributed by atoms with Crippen LogP contribution in [0.1, 0.15) is 37.4 Å². The summed E-state index contributed by atoms with van der Waals surface area (Å²) in [6.07, 6.45) is 7.96. The van der Waals surface area contributed by atoms with E-state index in [1.54, 1.807) is 0 Å². The van der Waals surface area contributed by atoms with Crippen LogP contribution in [0.4, 0.5) is 0 Å². The topological polar surface area (TPSA) is 41.6 Å². The van der Waals surface area contributed by atoms with Gasteiger partial charge in [-0.1, -0.05) is 28.8 Å². The molecule has 1 unspecified atom stereocenters. The second-order valence-electron chi connectivity index (χ2n) is 4.41. The molecule has 2 rings (SSSR count). The van der Waals surface area contributed by atoms with E-state index in [0.29, 0.717) is 6.04 Å². The molecule has 0 aromatic carbocycles. The highest BCUT2D eigenvalue weighted by Crippen LogP contribution is 2.28. The van der Waals surface area contributed by atoms with Gasteiger partial charge in [0.05, 0.1) is 23.7 Å². The third-order valence-corrected chi connectivity index (χ3v) is 3.97. The third-order valence-electron chi connectivity index (χ3n) is 3.19. The predicted octanol–water partition coefficient (Wildman–Crippen LogP) is 3.08. The number of alkyl halides is 1. The van der Waals surface area contributed by atoms with Crippen LogP contribution in [-0.4, -0.2) is 15.1 Å². The zero-order valence-electron chi connectivity index (χ0n) is 9.27. The summed E-state index contributed by atoms with van der Waals surface area (Å²) in [5, 5.41) is 14.2. The lowest BCUT2D eigenvalue weighted by molar-refractivity contribution is 0.461. The maximum Gasteiger partial charge on any atom is 0.0668 e. The average Bonchev–Trinajstić information content (AvgIpc) is 2.96. The molecule has 1 aliphatic rings. The molecule has 0 amide bonds. The van der Waals surface area contributed by atoms with Crippen molar-refractivity contribution in [3.05, 3.63) is 18.0 Å². The number of hydrogen-bond acceptors (Lipinski definition) is 2. The Bertz CT molecular complexity index is 374. The van der Waals surface area contributed by atoms with Gasteiger partial charge in [0.1, 0.15) is 0 Å². The van der Waals surface area contributed by atoms with Crippen LogP contribution in [0.15, 0.2) is 12.3 Å². The van der Waals surface area contributed by atoms with E-state index in [1.165, 1.54) is 25.7 Å². The van der Waals surface area contributed by atoms with Gasteiger partial charge in [-0.3, -0.25) is 4.68 Å². The normalized spacial score (nSPS) is 18.5. The van der Waals surface area contributed by atoms with Gasteiger partial charge in [-0.2, -0.15) is 10.4 Å². The molecular weight excluding hydrogens is 266 g/mol. The summed E-state index contributed by atoms with van der Waals surface area (Å²) < 4.78 is 2.09. The Hall–Kier alpha value is -0.820. The SMILES string of the molecule is N#CC(CBr)Cc1ccn(C2CCCC2)n1. The number of nitrogens with zero attached hydrogens (tertiary/aromatic N) is 3. The zero-order valence-corrected chi connectivity index (χ0v) is 10.9. The van der Waals surface area contributed by atoms with Crippen molar-refractivity contribution in [1.82, 2.24) is 9.78 Å². The van der Waals surface area contributed by atoms with Crippen LogP contribution in [-0.2, 0) is 6.42 Å². The van der Waals surface area contributed by atoms with Gasteiger partial charge < -0.3 is 0 Å². The summed E-state index contributed by atoms with van der Waals surface area (Å²) in [6.45, 7) is 0. The summed E-state index contributed by atoms with van der Waals surface area (Å²) in [6, 6.07) is 4.93. The second-order valence-corrected chi connectivity index (χ2v) is 5.06. The van der Waals surface area contributed by atoms with Crippen molar-refractivity contribution >= 4 is 15.9 Å². The highest BCUT2D eigenvalue weighted by molar-refractivity contribution is 9.09. The zero-order chi connectivity index (χ0) is 11.4. The Labute approximate surface area is 105 Å². The quantitative estimate of drug-likeness (QED) is 0.796. The minimum Gasteiger partial charge on any atom is -0.269 e. The van der Waals surface area contributed by atoms with Crippen molar-refractivity contribution in [1.29, 1.82) is 5.26 Å². The summed E-state index contributed by atoms with van der Waals surface area (Å²) in [4.78, 5) is 0. The Kier molecular flexibility index (Phi) is 4.00. The Balaban J connectivity index is 1.99. The molecule has 0 aliphatic heterocycles. The molecule has 4 heteroatoms. The summed E-state index contributed by atoms with van der Waals surface area (Å²) in [5.41, 5.74) is 1.04. The fourth-order valence-corrected chi connectivity index (χ4v) is 2.62. The predicted molar refractivity (Wildman–Crippen MR) is 66.3 cm³/mol. The van der Waals surface area contributed by atoms with E-state index in [4.69, 9.17) is 5.26 Å². The van der Waals surface area contributed by atoms with Gasteiger partial charge in [0.15, 0.2) is 0 Å². The van der Waals surface area contributed by atoms with Crippen LogP contribution in [0.25, 0.3) is 0 Å². The van der Waals surface area contributed by atoms with Gasteiger partial charge >= 0.3 is 0 Å². The average molecular weight is 282 g/mol. The third kappa shape index (κ3) is 2.65. The second kappa shape index (κ2) is 5.49. The highest BCUT2D eigenvalue weighted by Gasteiger charge is 2.18. The molecule has 0 radical (unpaired) electrons. The van der Waals surface area contributed by atoms with Crippen LogP contribution in [0, 0.1) is 17.2 Å². The molecule has 1 fully saturated rings. The van der Waals surface area contributed by atoms with Crippen molar-refractivity contribution in [3.63, 3.8) is 0 Å². The highest BCUT2D eigenvalue weighted by atomic mass is 79.9. The summed E-state index contributed by atoms with van der Waals surface area (Å²) in [5.74, 6) is 0.0342. The molecule has 1 aromatic heterocycles. The molecule has 0 spiro atoms. The first-order valence-electron chi connectivity index (χ1n) is 5.83. The number of rotatable bonds is 4.